The van der Waals surface area contributed by atoms with Gasteiger partial charge in [0.15, 0.2) is 0 Å². The maximum Gasteiger partial charge on any atom is 0.237 e. The Balaban J connectivity index is 3.93. The van der Waals surface area contributed by atoms with E-state index in [1.54, 1.807) is 0 Å². The van der Waals surface area contributed by atoms with Crippen LogP contribution in [0.25, 0.3) is 0 Å². The Labute approximate surface area is 85.9 Å². The Kier molecular flexibility index (Phi) is 6.49. The predicted octanol–water partition coefficient (Wildman–Crippen LogP) is 0.247. The second-order valence-corrected chi connectivity index (χ2v) is 4.03. The van der Waals surface area contributed by atoms with Gasteiger partial charge in [-0.3, -0.25) is 4.79 Å². The van der Waals surface area contributed by atoms with Crippen molar-refractivity contribution in [3.8, 4) is 0 Å². The first kappa shape index (κ1) is 13.4. The standard InChI is InChI=1S/C10H22N2O2/c1-4-8(6-13)12-10(14)9(11)5-7(2)3/h7-9,13H,4-6,11H2,1-3H3,(H,12,14)/t8-,9?/m0/s1. The van der Waals surface area contributed by atoms with Crippen LogP contribution in [0.5, 0.6) is 0 Å². The van der Waals surface area contributed by atoms with Gasteiger partial charge in [-0.15, -0.1) is 0 Å². The van der Waals surface area contributed by atoms with Gasteiger partial charge in [0.25, 0.3) is 0 Å². The number of carbonyl (C=O) groups excluding carboxylic acids is 1. The van der Waals surface area contributed by atoms with E-state index >= 15 is 0 Å². The van der Waals surface area contributed by atoms with Gasteiger partial charge in [0.2, 0.25) is 5.91 Å². The van der Waals surface area contributed by atoms with Crippen LogP contribution in [0.2, 0.25) is 0 Å². The van der Waals surface area contributed by atoms with E-state index in [9.17, 15) is 4.79 Å². The summed E-state index contributed by atoms with van der Waals surface area (Å²) in [4.78, 5) is 11.5. The maximum absolute atomic E-state index is 11.5. The van der Waals surface area contributed by atoms with E-state index in [1.807, 2.05) is 20.8 Å². The SMILES string of the molecule is CC[C@@H](CO)NC(=O)C(N)CC(C)C. The van der Waals surface area contributed by atoms with Crippen LogP contribution in [-0.4, -0.2) is 29.7 Å². The molecule has 0 aliphatic carbocycles. The van der Waals surface area contributed by atoms with Gasteiger partial charge in [0.05, 0.1) is 18.7 Å². The highest BCUT2D eigenvalue weighted by Crippen LogP contribution is 2.03. The van der Waals surface area contributed by atoms with Gasteiger partial charge < -0.3 is 16.2 Å². The average molecular weight is 202 g/mol. The van der Waals surface area contributed by atoms with Crippen molar-refractivity contribution in [1.82, 2.24) is 5.32 Å². The molecule has 0 saturated carbocycles. The smallest absolute Gasteiger partial charge is 0.237 e. The van der Waals surface area contributed by atoms with E-state index in [0.717, 1.165) is 6.42 Å². The highest BCUT2D eigenvalue weighted by Gasteiger charge is 2.17. The normalized spacial score (nSPS) is 15.3. The fraction of sp³-hybridized carbons (Fsp3) is 0.900. The number of nitrogens with one attached hydrogen (secondary N) is 1. The molecule has 4 heteroatoms. The number of hydrogen-bond acceptors (Lipinski definition) is 3. The number of aliphatic hydroxyl groups excluding tert-OH is 1. The molecule has 4 nitrogen and oxygen atoms in total. The summed E-state index contributed by atoms with van der Waals surface area (Å²) in [6.45, 7) is 5.93. The molecule has 0 aromatic carbocycles. The molecule has 1 unspecified atom stereocenters. The zero-order valence-electron chi connectivity index (χ0n) is 9.29. The molecule has 0 heterocycles. The third-order valence-corrected chi connectivity index (χ3v) is 2.12. The molecular formula is C10H22N2O2. The molecule has 1 amide bonds. The lowest BCUT2D eigenvalue weighted by molar-refractivity contribution is -0.123. The zero-order valence-corrected chi connectivity index (χ0v) is 9.29. The van der Waals surface area contributed by atoms with Gasteiger partial charge in [-0.25, -0.2) is 0 Å². The van der Waals surface area contributed by atoms with Crippen LogP contribution in [0.4, 0.5) is 0 Å². The van der Waals surface area contributed by atoms with Crippen LogP contribution in [0.1, 0.15) is 33.6 Å². The monoisotopic (exact) mass is 202 g/mol. The summed E-state index contributed by atoms with van der Waals surface area (Å²) in [6, 6.07) is -0.628. The molecule has 4 N–H and O–H groups in total. The van der Waals surface area contributed by atoms with Gasteiger partial charge in [0, 0.05) is 0 Å². The molecule has 0 aromatic rings. The number of carbonyl (C=O) groups is 1. The van der Waals surface area contributed by atoms with Crippen molar-refractivity contribution in [2.75, 3.05) is 6.61 Å². The van der Waals surface area contributed by atoms with Crippen molar-refractivity contribution < 1.29 is 9.90 Å². The van der Waals surface area contributed by atoms with Crippen molar-refractivity contribution in [3.63, 3.8) is 0 Å². The Bertz CT molecular complexity index is 168. The summed E-state index contributed by atoms with van der Waals surface area (Å²) >= 11 is 0. The van der Waals surface area contributed by atoms with E-state index in [0.29, 0.717) is 12.3 Å². The molecule has 0 bridgehead atoms. The van der Waals surface area contributed by atoms with Crippen molar-refractivity contribution in [2.24, 2.45) is 11.7 Å². The predicted molar refractivity (Wildman–Crippen MR) is 56.7 cm³/mol. The molecular weight excluding hydrogens is 180 g/mol. The summed E-state index contributed by atoms with van der Waals surface area (Å²) in [5, 5.41) is 11.6. The van der Waals surface area contributed by atoms with Crippen LogP contribution >= 0.6 is 0 Å². The van der Waals surface area contributed by atoms with Gasteiger partial charge in [-0.2, -0.15) is 0 Å². The van der Waals surface area contributed by atoms with Gasteiger partial charge in [0.1, 0.15) is 0 Å². The summed E-state index contributed by atoms with van der Waals surface area (Å²) in [5.41, 5.74) is 5.68. The van der Waals surface area contributed by atoms with Crippen LogP contribution in [-0.2, 0) is 4.79 Å². The van der Waals surface area contributed by atoms with E-state index in [2.05, 4.69) is 5.32 Å². The topological polar surface area (TPSA) is 75.3 Å². The summed E-state index contributed by atoms with van der Waals surface area (Å²) in [7, 11) is 0. The first-order valence-corrected chi connectivity index (χ1v) is 5.18. The molecule has 0 aliphatic rings. The van der Waals surface area contributed by atoms with Crippen LogP contribution < -0.4 is 11.1 Å². The van der Waals surface area contributed by atoms with Gasteiger partial charge in [-0.1, -0.05) is 20.8 Å². The highest BCUT2D eigenvalue weighted by molar-refractivity contribution is 5.81. The van der Waals surface area contributed by atoms with E-state index in [-0.39, 0.29) is 18.6 Å². The number of rotatable bonds is 6. The largest absolute Gasteiger partial charge is 0.394 e. The third-order valence-electron chi connectivity index (χ3n) is 2.12. The first-order valence-electron chi connectivity index (χ1n) is 5.18. The molecule has 0 rings (SSSR count). The molecule has 0 aromatic heterocycles. The second-order valence-electron chi connectivity index (χ2n) is 4.03. The van der Waals surface area contributed by atoms with Crippen LogP contribution in [0.3, 0.4) is 0 Å². The van der Waals surface area contributed by atoms with Crippen molar-refractivity contribution in [1.29, 1.82) is 0 Å². The zero-order chi connectivity index (χ0) is 11.1. The molecule has 0 aliphatic heterocycles. The fourth-order valence-corrected chi connectivity index (χ4v) is 1.20. The van der Waals surface area contributed by atoms with Crippen molar-refractivity contribution >= 4 is 5.91 Å². The minimum absolute atomic E-state index is 0.0311. The maximum atomic E-state index is 11.5. The first-order chi connectivity index (χ1) is 6.51. The Morgan fingerprint density at radius 2 is 2.07 bits per heavy atom. The number of aliphatic hydroxyl groups is 1. The minimum Gasteiger partial charge on any atom is -0.394 e. The lowest BCUT2D eigenvalue weighted by Gasteiger charge is -2.18. The Morgan fingerprint density at radius 3 is 2.43 bits per heavy atom. The van der Waals surface area contributed by atoms with Crippen LogP contribution in [0.15, 0.2) is 0 Å². The quantitative estimate of drug-likeness (QED) is 0.578. The third kappa shape index (κ3) is 5.19. The van der Waals surface area contributed by atoms with E-state index < -0.39 is 6.04 Å². The number of nitrogens with two attached hydrogens (primary N) is 1. The second kappa shape index (κ2) is 6.79. The Hall–Kier alpha value is -0.610. The molecule has 14 heavy (non-hydrogen) atoms. The fourth-order valence-electron chi connectivity index (χ4n) is 1.20. The van der Waals surface area contributed by atoms with Crippen molar-refractivity contribution in [2.45, 2.75) is 45.7 Å². The lowest BCUT2D eigenvalue weighted by atomic mass is 10.0. The highest BCUT2D eigenvalue weighted by atomic mass is 16.3. The molecule has 0 fully saturated rings. The summed E-state index contributed by atoms with van der Waals surface area (Å²) in [5.74, 6) is 0.240. The average Bonchev–Trinajstić information content (AvgIpc) is 2.12. The molecule has 84 valence electrons. The summed E-state index contributed by atoms with van der Waals surface area (Å²) in [6.07, 6.45) is 1.39. The Morgan fingerprint density at radius 1 is 1.50 bits per heavy atom. The molecule has 2 atom stereocenters. The molecule has 0 spiro atoms. The van der Waals surface area contributed by atoms with Crippen molar-refractivity contribution in [3.05, 3.63) is 0 Å². The van der Waals surface area contributed by atoms with Crippen LogP contribution in [0, 0.1) is 5.92 Å². The lowest BCUT2D eigenvalue weighted by Crippen LogP contribution is -2.46. The summed E-state index contributed by atoms with van der Waals surface area (Å²) < 4.78 is 0. The van der Waals surface area contributed by atoms with Gasteiger partial charge in [-0.05, 0) is 18.8 Å². The van der Waals surface area contributed by atoms with E-state index in [1.165, 1.54) is 0 Å². The van der Waals surface area contributed by atoms with E-state index in [4.69, 9.17) is 10.8 Å². The minimum atomic E-state index is -0.462. The number of amides is 1. The van der Waals surface area contributed by atoms with Gasteiger partial charge >= 0.3 is 0 Å². The molecule has 0 radical (unpaired) electrons. The molecule has 0 saturated heterocycles. The number of hydrogen-bond donors (Lipinski definition) is 3.